The van der Waals surface area contributed by atoms with Crippen LogP contribution in [0.3, 0.4) is 0 Å². The molecule has 0 spiro atoms. The number of halogens is 1. The number of nitrogens with zero attached hydrogens (tertiary/aromatic N) is 4. The third kappa shape index (κ3) is 5.51. The number of ether oxygens (including phenoxy) is 1. The highest BCUT2D eigenvalue weighted by molar-refractivity contribution is 5.78. The Kier molecular flexibility index (Phi) is 6.49. The maximum atomic E-state index is 13.0. The van der Waals surface area contributed by atoms with Crippen LogP contribution in [-0.4, -0.2) is 53.6 Å². The van der Waals surface area contributed by atoms with Gasteiger partial charge in [-0.05, 0) is 50.2 Å². The highest BCUT2D eigenvalue weighted by atomic mass is 19.1. The van der Waals surface area contributed by atoms with E-state index in [0.29, 0.717) is 37.8 Å². The molecule has 8 heteroatoms. The molecule has 1 aliphatic heterocycles. The quantitative estimate of drug-likeness (QED) is 0.637. The highest BCUT2D eigenvalue weighted by Gasteiger charge is 2.23. The van der Waals surface area contributed by atoms with Crippen LogP contribution in [0.1, 0.15) is 11.4 Å². The van der Waals surface area contributed by atoms with Gasteiger partial charge in [-0.15, -0.1) is 0 Å². The van der Waals surface area contributed by atoms with Gasteiger partial charge < -0.3 is 19.9 Å². The fraction of sp³-hybridized carbons (Fsp3) is 0.292. The van der Waals surface area contributed by atoms with Crippen molar-refractivity contribution in [3.8, 4) is 5.75 Å². The van der Waals surface area contributed by atoms with Crippen LogP contribution in [0.4, 0.5) is 21.7 Å². The number of benzene rings is 2. The minimum atomic E-state index is -0.336. The lowest BCUT2D eigenvalue weighted by Crippen LogP contribution is -2.50. The summed E-state index contributed by atoms with van der Waals surface area (Å²) in [6, 6.07) is 15.7. The standard InChI is InChI=1S/C24H26FN5O2/c1-17-3-7-20(8-4-17)28-22-15-23(27-18(2)26-22)29-11-13-30(14-12-29)24(31)16-32-21-9-5-19(25)6-10-21/h3-10,15H,11-14,16H2,1-2H3,(H,26,27,28). The number of carbonyl (C=O) groups is 1. The monoisotopic (exact) mass is 435 g/mol. The zero-order chi connectivity index (χ0) is 22.5. The summed E-state index contributed by atoms with van der Waals surface area (Å²) < 4.78 is 18.5. The first kappa shape index (κ1) is 21.5. The number of carbonyl (C=O) groups excluding carboxylic acids is 1. The summed E-state index contributed by atoms with van der Waals surface area (Å²) in [5.41, 5.74) is 2.17. The number of hydrogen-bond donors (Lipinski definition) is 1. The Labute approximate surface area is 186 Å². The summed E-state index contributed by atoms with van der Waals surface area (Å²) in [7, 11) is 0. The van der Waals surface area contributed by atoms with Crippen LogP contribution in [0, 0.1) is 19.7 Å². The van der Waals surface area contributed by atoms with E-state index >= 15 is 0 Å². The van der Waals surface area contributed by atoms with Gasteiger partial charge in [0.15, 0.2) is 6.61 Å². The van der Waals surface area contributed by atoms with Crippen molar-refractivity contribution in [3.05, 3.63) is 71.8 Å². The molecule has 32 heavy (non-hydrogen) atoms. The first-order chi connectivity index (χ1) is 15.5. The summed E-state index contributed by atoms with van der Waals surface area (Å²) >= 11 is 0. The molecule has 1 N–H and O–H groups in total. The van der Waals surface area contributed by atoms with E-state index in [1.54, 1.807) is 4.90 Å². The van der Waals surface area contributed by atoms with Gasteiger partial charge in [-0.25, -0.2) is 14.4 Å². The number of hydrogen-bond acceptors (Lipinski definition) is 6. The van der Waals surface area contributed by atoms with Crippen LogP contribution >= 0.6 is 0 Å². The van der Waals surface area contributed by atoms with Gasteiger partial charge in [-0.1, -0.05) is 17.7 Å². The number of rotatable bonds is 6. The van der Waals surface area contributed by atoms with E-state index in [4.69, 9.17) is 4.74 Å². The topological polar surface area (TPSA) is 70.6 Å². The molecule has 7 nitrogen and oxygen atoms in total. The van der Waals surface area contributed by atoms with Gasteiger partial charge in [0, 0.05) is 37.9 Å². The smallest absolute Gasteiger partial charge is 0.260 e. The molecule has 2 aromatic carbocycles. The number of aromatic nitrogens is 2. The molecule has 2 heterocycles. The second kappa shape index (κ2) is 9.64. The van der Waals surface area contributed by atoms with Crippen LogP contribution in [0.25, 0.3) is 0 Å². The molecule has 0 aliphatic carbocycles. The Hall–Kier alpha value is -3.68. The molecule has 1 fully saturated rings. The molecular weight excluding hydrogens is 409 g/mol. The Morgan fingerprint density at radius 1 is 1.00 bits per heavy atom. The van der Waals surface area contributed by atoms with Crippen molar-refractivity contribution in [2.75, 3.05) is 43.0 Å². The zero-order valence-electron chi connectivity index (χ0n) is 18.2. The minimum absolute atomic E-state index is 0.0666. The summed E-state index contributed by atoms with van der Waals surface area (Å²) in [5.74, 6) is 2.31. The lowest BCUT2D eigenvalue weighted by molar-refractivity contribution is -0.133. The normalized spacial score (nSPS) is 13.7. The first-order valence-electron chi connectivity index (χ1n) is 10.6. The summed E-state index contributed by atoms with van der Waals surface area (Å²) in [6.45, 7) is 6.35. The lowest BCUT2D eigenvalue weighted by atomic mass is 10.2. The fourth-order valence-electron chi connectivity index (χ4n) is 3.51. The fourth-order valence-corrected chi connectivity index (χ4v) is 3.51. The Morgan fingerprint density at radius 2 is 1.69 bits per heavy atom. The highest BCUT2D eigenvalue weighted by Crippen LogP contribution is 2.21. The number of nitrogens with one attached hydrogen (secondary N) is 1. The number of piperazine rings is 1. The van der Waals surface area contributed by atoms with Crippen LogP contribution in [0.15, 0.2) is 54.6 Å². The molecule has 4 rings (SSSR count). The number of amides is 1. The summed E-state index contributed by atoms with van der Waals surface area (Å²) in [6.07, 6.45) is 0. The second-order valence-electron chi connectivity index (χ2n) is 7.76. The predicted octanol–water partition coefficient (Wildman–Crippen LogP) is 3.70. The van der Waals surface area contributed by atoms with Crippen molar-refractivity contribution in [1.82, 2.24) is 14.9 Å². The molecule has 0 radical (unpaired) electrons. The van der Waals surface area contributed by atoms with Crippen LogP contribution in [-0.2, 0) is 4.79 Å². The van der Waals surface area contributed by atoms with E-state index in [1.165, 1.54) is 29.8 Å². The van der Waals surface area contributed by atoms with Crippen molar-refractivity contribution in [2.24, 2.45) is 0 Å². The van der Waals surface area contributed by atoms with Gasteiger partial charge >= 0.3 is 0 Å². The average Bonchev–Trinajstić information content (AvgIpc) is 2.80. The van der Waals surface area contributed by atoms with E-state index < -0.39 is 0 Å². The van der Waals surface area contributed by atoms with Gasteiger partial charge in [0.1, 0.15) is 29.0 Å². The minimum Gasteiger partial charge on any atom is -0.484 e. The predicted molar refractivity (Wildman–Crippen MR) is 122 cm³/mol. The van der Waals surface area contributed by atoms with Crippen molar-refractivity contribution in [3.63, 3.8) is 0 Å². The van der Waals surface area contributed by atoms with Crippen molar-refractivity contribution < 1.29 is 13.9 Å². The molecule has 1 amide bonds. The van der Waals surface area contributed by atoms with E-state index in [-0.39, 0.29) is 18.3 Å². The second-order valence-corrected chi connectivity index (χ2v) is 7.76. The summed E-state index contributed by atoms with van der Waals surface area (Å²) in [5, 5.41) is 3.33. The third-order valence-corrected chi connectivity index (χ3v) is 5.28. The molecule has 0 atom stereocenters. The maximum Gasteiger partial charge on any atom is 0.260 e. The largest absolute Gasteiger partial charge is 0.484 e. The molecule has 166 valence electrons. The molecular formula is C24H26FN5O2. The Morgan fingerprint density at radius 3 is 2.38 bits per heavy atom. The molecule has 1 aliphatic rings. The third-order valence-electron chi connectivity index (χ3n) is 5.28. The molecule has 1 aromatic heterocycles. The lowest BCUT2D eigenvalue weighted by Gasteiger charge is -2.35. The molecule has 0 bridgehead atoms. The molecule has 0 unspecified atom stereocenters. The van der Waals surface area contributed by atoms with Crippen LogP contribution < -0.4 is 15.0 Å². The van der Waals surface area contributed by atoms with E-state index in [0.717, 1.165) is 17.3 Å². The van der Waals surface area contributed by atoms with E-state index in [2.05, 4.69) is 27.1 Å². The van der Waals surface area contributed by atoms with Crippen LogP contribution in [0.5, 0.6) is 5.75 Å². The molecule has 0 saturated carbocycles. The number of aryl methyl sites for hydroxylation is 2. The average molecular weight is 436 g/mol. The van der Waals surface area contributed by atoms with Crippen molar-refractivity contribution in [1.29, 1.82) is 0 Å². The maximum absolute atomic E-state index is 13.0. The van der Waals surface area contributed by atoms with Gasteiger partial charge in [0.25, 0.3) is 5.91 Å². The molecule has 3 aromatic rings. The zero-order valence-corrected chi connectivity index (χ0v) is 18.2. The van der Waals surface area contributed by atoms with Crippen molar-refractivity contribution in [2.45, 2.75) is 13.8 Å². The Balaban J connectivity index is 1.33. The van der Waals surface area contributed by atoms with Gasteiger partial charge in [0.05, 0.1) is 0 Å². The first-order valence-corrected chi connectivity index (χ1v) is 10.6. The molecule has 1 saturated heterocycles. The van der Waals surface area contributed by atoms with Gasteiger partial charge in [-0.3, -0.25) is 4.79 Å². The Bertz CT molecular complexity index is 1060. The van der Waals surface area contributed by atoms with Crippen molar-refractivity contribution >= 4 is 23.2 Å². The van der Waals surface area contributed by atoms with Gasteiger partial charge in [-0.2, -0.15) is 0 Å². The van der Waals surface area contributed by atoms with Crippen LogP contribution in [0.2, 0.25) is 0 Å². The van der Waals surface area contributed by atoms with E-state index in [1.807, 2.05) is 37.3 Å². The number of anilines is 3. The van der Waals surface area contributed by atoms with Gasteiger partial charge in [0.2, 0.25) is 0 Å². The van der Waals surface area contributed by atoms with E-state index in [9.17, 15) is 9.18 Å². The summed E-state index contributed by atoms with van der Waals surface area (Å²) in [4.78, 5) is 25.5. The SMILES string of the molecule is Cc1ccc(Nc2cc(N3CCN(C(=O)COc4ccc(F)cc4)CC3)nc(C)n2)cc1.